The van der Waals surface area contributed by atoms with Crippen LogP contribution in [0.4, 0.5) is 4.39 Å². The van der Waals surface area contributed by atoms with Crippen LogP contribution in [0, 0.1) is 12.7 Å². The second kappa shape index (κ2) is 5.43. The molecular formula is C12H14FNO3. The second-order valence-electron chi connectivity index (χ2n) is 3.74. The molecule has 0 saturated carbocycles. The van der Waals surface area contributed by atoms with Gasteiger partial charge in [0.15, 0.2) is 0 Å². The Morgan fingerprint density at radius 3 is 2.59 bits per heavy atom. The molecular weight excluding hydrogens is 225 g/mol. The summed E-state index contributed by atoms with van der Waals surface area (Å²) in [6.45, 7) is 3.20. The first-order valence-corrected chi connectivity index (χ1v) is 5.25. The van der Waals surface area contributed by atoms with Gasteiger partial charge in [-0.25, -0.2) is 9.18 Å². The van der Waals surface area contributed by atoms with E-state index >= 15 is 0 Å². The summed E-state index contributed by atoms with van der Waals surface area (Å²) in [6.07, 6.45) is 0.293. The molecule has 1 aromatic carbocycles. The molecule has 0 saturated heterocycles. The third-order valence-corrected chi connectivity index (χ3v) is 2.43. The van der Waals surface area contributed by atoms with Crippen LogP contribution in [0.5, 0.6) is 0 Å². The standard InChI is InChI=1S/C12H14FNO3/c1-3-10(12(16)17)14-11(15)8-4-5-9(13)7(2)6-8/h4-6,10H,3H2,1-2H3,(H,14,15)(H,16,17)/t10-/m1/s1. The highest BCUT2D eigenvalue weighted by molar-refractivity contribution is 5.96. The molecule has 0 aromatic heterocycles. The summed E-state index contributed by atoms with van der Waals surface area (Å²) < 4.78 is 13.0. The maximum Gasteiger partial charge on any atom is 0.326 e. The summed E-state index contributed by atoms with van der Waals surface area (Å²) in [7, 11) is 0. The molecule has 5 heteroatoms. The van der Waals surface area contributed by atoms with Crippen LogP contribution in [0.1, 0.15) is 29.3 Å². The van der Waals surface area contributed by atoms with E-state index in [9.17, 15) is 14.0 Å². The predicted octanol–water partition coefficient (Wildman–Crippen LogP) is 1.73. The van der Waals surface area contributed by atoms with Crippen molar-refractivity contribution in [3.63, 3.8) is 0 Å². The van der Waals surface area contributed by atoms with E-state index in [-0.39, 0.29) is 5.56 Å². The van der Waals surface area contributed by atoms with Crippen LogP contribution in [-0.2, 0) is 4.79 Å². The molecule has 1 atom stereocenters. The van der Waals surface area contributed by atoms with E-state index in [1.54, 1.807) is 13.8 Å². The van der Waals surface area contributed by atoms with Crippen molar-refractivity contribution in [1.29, 1.82) is 0 Å². The number of aryl methyl sites for hydroxylation is 1. The zero-order valence-electron chi connectivity index (χ0n) is 9.66. The van der Waals surface area contributed by atoms with E-state index in [0.29, 0.717) is 12.0 Å². The minimum atomic E-state index is -1.08. The van der Waals surface area contributed by atoms with Crippen LogP contribution in [-0.4, -0.2) is 23.0 Å². The molecule has 17 heavy (non-hydrogen) atoms. The lowest BCUT2D eigenvalue weighted by Gasteiger charge is -2.12. The second-order valence-corrected chi connectivity index (χ2v) is 3.74. The quantitative estimate of drug-likeness (QED) is 0.840. The van der Waals surface area contributed by atoms with E-state index in [1.807, 2.05) is 0 Å². The third-order valence-electron chi connectivity index (χ3n) is 2.43. The molecule has 1 rings (SSSR count). The van der Waals surface area contributed by atoms with Gasteiger partial charge in [0.05, 0.1) is 0 Å². The minimum absolute atomic E-state index is 0.253. The van der Waals surface area contributed by atoms with E-state index < -0.39 is 23.7 Å². The van der Waals surface area contributed by atoms with Gasteiger partial charge in [-0.05, 0) is 37.1 Å². The zero-order chi connectivity index (χ0) is 13.0. The van der Waals surface area contributed by atoms with Crippen molar-refractivity contribution in [3.05, 3.63) is 35.1 Å². The van der Waals surface area contributed by atoms with Crippen molar-refractivity contribution < 1.29 is 19.1 Å². The van der Waals surface area contributed by atoms with Crippen LogP contribution in [0.25, 0.3) is 0 Å². The molecule has 4 nitrogen and oxygen atoms in total. The summed E-state index contributed by atoms with van der Waals surface area (Å²) in [4.78, 5) is 22.4. The zero-order valence-corrected chi connectivity index (χ0v) is 9.66. The van der Waals surface area contributed by atoms with Gasteiger partial charge in [0, 0.05) is 5.56 Å². The molecule has 1 aromatic rings. The first kappa shape index (κ1) is 13.2. The van der Waals surface area contributed by atoms with Crippen LogP contribution < -0.4 is 5.32 Å². The molecule has 0 radical (unpaired) electrons. The molecule has 0 fully saturated rings. The Morgan fingerprint density at radius 1 is 1.47 bits per heavy atom. The number of carbonyl (C=O) groups is 2. The summed E-state index contributed by atoms with van der Waals surface area (Å²) in [5.41, 5.74) is 0.602. The van der Waals surface area contributed by atoms with Crippen LogP contribution >= 0.6 is 0 Å². The smallest absolute Gasteiger partial charge is 0.326 e. The maximum atomic E-state index is 13.0. The average molecular weight is 239 g/mol. The normalized spacial score (nSPS) is 11.9. The first-order valence-electron chi connectivity index (χ1n) is 5.25. The fourth-order valence-electron chi connectivity index (χ4n) is 1.37. The predicted molar refractivity (Wildman–Crippen MR) is 60.3 cm³/mol. The number of carbonyl (C=O) groups excluding carboxylic acids is 1. The monoisotopic (exact) mass is 239 g/mol. The maximum absolute atomic E-state index is 13.0. The summed E-state index contributed by atoms with van der Waals surface area (Å²) in [5.74, 6) is -1.99. The van der Waals surface area contributed by atoms with Crippen molar-refractivity contribution in [3.8, 4) is 0 Å². The van der Waals surface area contributed by atoms with Crippen molar-refractivity contribution in [2.45, 2.75) is 26.3 Å². The Bertz CT molecular complexity index is 445. The van der Waals surface area contributed by atoms with Gasteiger partial charge in [-0.15, -0.1) is 0 Å². The Labute approximate surface area is 98.5 Å². The van der Waals surface area contributed by atoms with E-state index in [1.165, 1.54) is 18.2 Å². The minimum Gasteiger partial charge on any atom is -0.480 e. The van der Waals surface area contributed by atoms with Gasteiger partial charge in [0.2, 0.25) is 0 Å². The fraction of sp³-hybridized carbons (Fsp3) is 0.333. The largest absolute Gasteiger partial charge is 0.480 e. The molecule has 0 spiro atoms. The highest BCUT2D eigenvalue weighted by Crippen LogP contribution is 2.09. The molecule has 92 valence electrons. The SMILES string of the molecule is CC[C@@H](NC(=O)c1ccc(F)c(C)c1)C(=O)O. The number of hydrogen-bond acceptors (Lipinski definition) is 2. The Morgan fingerprint density at radius 2 is 2.12 bits per heavy atom. The molecule has 0 unspecified atom stereocenters. The summed E-state index contributed by atoms with van der Waals surface area (Å²) in [6, 6.07) is 2.98. The number of hydrogen-bond donors (Lipinski definition) is 2. The molecule has 0 bridgehead atoms. The van der Waals surface area contributed by atoms with Gasteiger partial charge in [0.1, 0.15) is 11.9 Å². The number of rotatable bonds is 4. The highest BCUT2D eigenvalue weighted by Gasteiger charge is 2.18. The fourth-order valence-corrected chi connectivity index (χ4v) is 1.37. The van der Waals surface area contributed by atoms with Crippen molar-refractivity contribution in [2.24, 2.45) is 0 Å². The van der Waals surface area contributed by atoms with Gasteiger partial charge in [-0.1, -0.05) is 6.92 Å². The lowest BCUT2D eigenvalue weighted by atomic mass is 10.1. The molecule has 0 aliphatic heterocycles. The summed E-state index contributed by atoms with van der Waals surface area (Å²) in [5, 5.41) is 11.2. The van der Waals surface area contributed by atoms with E-state index in [2.05, 4.69) is 5.32 Å². The molecule has 0 heterocycles. The molecule has 0 aliphatic rings. The number of halogens is 1. The van der Waals surface area contributed by atoms with Gasteiger partial charge >= 0.3 is 5.97 Å². The topological polar surface area (TPSA) is 66.4 Å². The Balaban J connectivity index is 2.82. The molecule has 1 amide bonds. The van der Waals surface area contributed by atoms with Crippen molar-refractivity contribution in [1.82, 2.24) is 5.32 Å². The first-order chi connectivity index (χ1) is 7.95. The molecule has 0 aliphatic carbocycles. The third kappa shape index (κ3) is 3.27. The van der Waals surface area contributed by atoms with Crippen molar-refractivity contribution >= 4 is 11.9 Å². The highest BCUT2D eigenvalue weighted by atomic mass is 19.1. The average Bonchev–Trinajstić information content (AvgIpc) is 2.28. The number of aliphatic carboxylic acids is 1. The Hall–Kier alpha value is -1.91. The van der Waals surface area contributed by atoms with Crippen LogP contribution in [0.3, 0.4) is 0 Å². The number of nitrogens with one attached hydrogen (secondary N) is 1. The number of benzene rings is 1. The van der Waals surface area contributed by atoms with Crippen LogP contribution in [0.2, 0.25) is 0 Å². The van der Waals surface area contributed by atoms with Gasteiger partial charge in [-0.3, -0.25) is 4.79 Å². The van der Waals surface area contributed by atoms with Gasteiger partial charge in [-0.2, -0.15) is 0 Å². The lowest BCUT2D eigenvalue weighted by molar-refractivity contribution is -0.139. The van der Waals surface area contributed by atoms with Crippen molar-refractivity contribution in [2.75, 3.05) is 0 Å². The molecule has 2 N–H and O–H groups in total. The van der Waals surface area contributed by atoms with Gasteiger partial charge < -0.3 is 10.4 Å². The van der Waals surface area contributed by atoms with E-state index in [4.69, 9.17) is 5.11 Å². The Kier molecular flexibility index (Phi) is 4.20. The van der Waals surface area contributed by atoms with Gasteiger partial charge in [0.25, 0.3) is 5.91 Å². The van der Waals surface area contributed by atoms with E-state index in [0.717, 1.165) is 0 Å². The summed E-state index contributed by atoms with van der Waals surface area (Å²) >= 11 is 0. The number of carboxylic acid groups (broad SMARTS) is 1. The number of amides is 1. The van der Waals surface area contributed by atoms with Crippen LogP contribution in [0.15, 0.2) is 18.2 Å². The number of carboxylic acids is 1. The lowest BCUT2D eigenvalue weighted by Crippen LogP contribution is -2.40.